The van der Waals surface area contributed by atoms with Crippen molar-refractivity contribution >= 4 is 29.9 Å². The highest BCUT2D eigenvalue weighted by Gasteiger charge is 2.31. The molecule has 0 heterocycles. The number of hydrogen-bond acceptors (Lipinski definition) is 2. The topological polar surface area (TPSA) is 39.7 Å². The molecule has 1 aliphatic carbocycles. The van der Waals surface area contributed by atoms with Gasteiger partial charge in [0.25, 0.3) is 0 Å². The second kappa shape index (κ2) is 11.0. The molecule has 0 spiro atoms. The Bertz CT molecular complexity index is 519. The Labute approximate surface area is 170 Å². The van der Waals surface area contributed by atoms with E-state index in [0.29, 0.717) is 5.41 Å². The fourth-order valence-electron chi connectivity index (χ4n) is 3.59. The van der Waals surface area contributed by atoms with Crippen LogP contribution in [0.25, 0.3) is 0 Å². The van der Waals surface area contributed by atoms with Gasteiger partial charge in [-0.25, -0.2) is 0 Å². The first kappa shape index (κ1) is 22.2. The number of halogens is 1. The van der Waals surface area contributed by atoms with Gasteiger partial charge in [-0.15, -0.1) is 24.0 Å². The molecular formula is C20H35IN4. The largest absolute Gasteiger partial charge is 0.356 e. The van der Waals surface area contributed by atoms with Gasteiger partial charge in [-0.2, -0.15) is 0 Å². The molecule has 1 aliphatic rings. The Kier molecular flexibility index (Phi) is 9.79. The maximum Gasteiger partial charge on any atom is 0.191 e. The first-order valence-corrected chi connectivity index (χ1v) is 9.24. The highest BCUT2D eigenvalue weighted by molar-refractivity contribution is 14.0. The third kappa shape index (κ3) is 7.13. The van der Waals surface area contributed by atoms with Crippen LogP contribution in [0.2, 0.25) is 0 Å². The molecule has 0 amide bonds. The van der Waals surface area contributed by atoms with Gasteiger partial charge < -0.3 is 15.5 Å². The van der Waals surface area contributed by atoms with Gasteiger partial charge >= 0.3 is 0 Å². The second-order valence-electron chi connectivity index (χ2n) is 7.39. The number of rotatable bonds is 7. The van der Waals surface area contributed by atoms with Crippen molar-refractivity contribution in [2.45, 2.75) is 52.1 Å². The minimum absolute atomic E-state index is 0. The summed E-state index contributed by atoms with van der Waals surface area (Å²) < 4.78 is 0. The van der Waals surface area contributed by atoms with E-state index >= 15 is 0 Å². The van der Waals surface area contributed by atoms with Crippen molar-refractivity contribution in [3.8, 4) is 0 Å². The van der Waals surface area contributed by atoms with Crippen molar-refractivity contribution in [2.24, 2.45) is 10.4 Å². The minimum Gasteiger partial charge on any atom is -0.356 e. The Balaban J connectivity index is 0.00000312. The van der Waals surface area contributed by atoms with E-state index in [1.165, 1.54) is 43.2 Å². The van der Waals surface area contributed by atoms with Crippen molar-refractivity contribution in [3.05, 3.63) is 35.4 Å². The second-order valence-corrected chi connectivity index (χ2v) is 7.39. The molecule has 25 heavy (non-hydrogen) atoms. The van der Waals surface area contributed by atoms with Crippen molar-refractivity contribution in [2.75, 3.05) is 27.7 Å². The molecular weight excluding hydrogens is 423 g/mol. The molecule has 5 heteroatoms. The summed E-state index contributed by atoms with van der Waals surface area (Å²) in [5.74, 6) is 0.909. The molecule has 4 nitrogen and oxygen atoms in total. The average molecular weight is 458 g/mol. The lowest BCUT2D eigenvalue weighted by atomic mass is 9.83. The number of guanidine groups is 1. The van der Waals surface area contributed by atoms with Crippen LogP contribution in [0.4, 0.5) is 0 Å². The van der Waals surface area contributed by atoms with Gasteiger partial charge in [0.15, 0.2) is 5.96 Å². The first-order valence-electron chi connectivity index (χ1n) is 9.24. The smallest absolute Gasteiger partial charge is 0.191 e. The van der Waals surface area contributed by atoms with Gasteiger partial charge in [-0.3, -0.25) is 4.99 Å². The summed E-state index contributed by atoms with van der Waals surface area (Å²) >= 11 is 0. The molecule has 0 aromatic heterocycles. The summed E-state index contributed by atoms with van der Waals surface area (Å²) in [6.45, 7) is 5.14. The standard InChI is InChI=1S/C20H34N4.HI/c1-5-20(12-6-7-13-20)16-23-19(21-2)22-14-17-8-10-18(11-9-17)15-24(3)4;/h8-11H,5-7,12-16H2,1-4H3,(H2,21,22,23);1H. The number of aliphatic imine (C=N–C) groups is 1. The van der Waals surface area contributed by atoms with Crippen molar-refractivity contribution in [1.82, 2.24) is 15.5 Å². The van der Waals surface area contributed by atoms with Crippen LogP contribution < -0.4 is 10.6 Å². The van der Waals surface area contributed by atoms with Gasteiger partial charge in [-0.1, -0.05) is 44.0 Å². The van der Waals surface area contributed by atoms with E-state index < -0.39 is 0 Å². The molecule has 0 radical (unpaired) electrons. The zero-order valence-electron chi connectivity index (χ0n) is 16.3. The van der Waals surface area contributed by atoms with Gasteiger partial charge in [0, 0.05) is 26.7 Å². The lowest BCUT2D eigenvalue weighted by molar-refractivity contribution is 0.283. The van der Waals surface area contributed by atoms with Crippen molar-refractivity contribution in [3.63, 3.8) is 0 Å². The van der Waals surface area contributed by atoms with Crippen LogP contribution in [0, 0.1) is 5.41 Å². The fourth-order valence-corrected chi connectivity index (χ4v) is 3.59. The molecule has 1 aromatic carbocycles. The quantitative estimate of drug-likeness (QED) is 0.369. The molecule has 1 aromatic rings. The number of nitrogens with zero attached hydrogens (tertiary/aromatic N) is 2. The van der Waals surface area contributed by atoms with Crippen LogP contribution in [0.5, 0.6) is 0 Å². The lowest BCUT2D eigenvalue weighted by Crippen LogP contribution is -2.42. The molecule has 142 valence electrons. The molecule has 0 saturated heterocycles. The summed E-state index contributed by atoms with van der Waals surface area (Å²) in [4.78, 5) is 6.56. The van der Waals surface area contributed by atoms with Gasteiger partial charge in [0.2, 0.25) is 0 Å². The van der Waals surface area contributed by atoms with Crippen LogP contribution >= 0.6 is 24.0 Å². The Morgan fingerprint density at radius 2 is 1.68 bits per heavy atom. The molecule has 0 atom stereocenters. The SMILES string of the molecule is CCC1(CNC(=NC)NCc2ccc(CN(C)C)cc2)CCCC1.I. The number of benzene rings is 1. The van der Waals surface area contributed by atoms with Crippen LogP contribution in [0.15, 0.2) is 29.3 Å². The zero-order valence-corrected chi connectivity index (χ0v) is 18.6. The van der Waals surface area contributed by atoms with Crippen LogP contribution in [0.1, 0.15) is 50.2 Å². The third-order valence-electron chi connectivity index (χ3n) is 5.25. The molecule has 0 aliphatic heterocycles. The monoisotopic (exact) mass is 458 g/mol. The summed E-state index contributed by atoms with van der Waals surface area (Å²) in [5.41, 5.74) is 3.11. The number of nitrogens with one attached hydrogen (secondary N) is 2. The average Bonchev–Trinajstić information content (AvgIpc) is 3.05. The van der Waals surface area contributed by atoms with E-state index in [-0.39, 0.29) is 24.0 Å². The van der Waals surface area contributed by atoms with Crippen LogP contribution in [-0.2, 0) is 13.1 Å². The van der Waals surface area contributed by atoms with E-state index in [2.05, 4.69) is 65.8 Å². The van der Waals surface area contributed by atoms with E-state index in [0.717, 1.165) is 25.6 Å². The predicted octanol–water partition coefficient (Wildman–Crippen LogP) is 4.00. The predicted molar refractivity (Wildman–Crippen MR) is 119 cm³/mol. The summed E-state index contributed by atoms with van der Waals surface area (Å²) in [6.07, 6.45) is 6.70. The molecule has 1 fully saturated rings. The molecule has 0 unspecified atom stereocenters. The van der Waals surface area contributed by atoms with Gasteiger partial charge in [0.05, 0.1) is 0 Å². The Hall–Kier alpha value is -0.820. The van der Waals surface area contributed by atoms with E-state index in [9.17, 15) is 0 Å². The lowest BCUT2D eigenvalue weighted by Gasteiger charge is -2.28. The number of hydrogen-bond donors (Lipinski definition) is 2. The minimum atomic E-state index is 0. The van der Waals surface area contributed by atoms with E-state index in [1.54, 1.807) is 0 Å². The summed E-state index contributed by atoms with van der Waals surface area (Å²) in [7, 11) is 6.04. The van der Waals surface area contributed by atoms with E-state index in [1.807, 2.05) is 7.05 Å². The maximum atomic E-state index is 4.37. The molecule has 0 bridgehead atoms. The first-order chi connectivity index (χ1) is 11.6. The fraction of sp³-hybridized carbons (Fsp3) is 0.650. The van der Waals surface area contributed by atoms with Crippen molar-refractivity contribution < 1.29 is 0 Å². The van der Waals surface area contributed by atoms with Gasteiger partial charge in [-0.05, 0) is 49.9 Å². The van der Waals surface area contributed by atoms with Crippen molar-refractivity contribution in [1.29, 1.82) is 0 Å². The van der Waals surface area contributed by atoms with Crippen LogP contribution in [-0.4, -0.2) is 38.5 Å². The highest BCUT2D eigenvalue weighted by Crippen LogP contribution is 2.40. The zero-order chi connectivity index (χ0) is 17.4. The summed E-state index contributed by atoms with van der Waals surface area (Å²) in [6, 6.07) is 8.81. The van der Waals surface area contributed by atoms with E-state index in [4.69, 9.17) is 0 Å². The highest BCUT2D eigenvalue weighted by atomic mass is 127. The van der Waals surface area contributed by atoms with Gasteiger partial charge in [0.1, 0.15) is 0 Å². The molecule has 1 saturated carbocycles. The van der Waals surface area contributed by atoms with Crippen LogP contribution in [0.3, 0.4) is 0 Å². The Morgan fingerprint density at radius 3 is 2.20 bits per heavy atom. The molecule has 2 N–H and O–H groups in total. The maximum absolute atomic E-state index is 4.37. The normalized spacial score (nSPS) is 16.6. The summed E-state index contributed by atoms with van der Waals surface area (Å²) in [5, 5.41) is 6.98. The Morgan fingerprint density at radius 1 is 1.08 bits per heavy atom. The third-order valence-corrected chi connectivity index (χ3v) is 5.25. The molecule has 2 rings (SSSR count).